The molecule has 3 saturated carbocycles. The van der Waals surface area contributed by atoms with Crippen molar-refractivity contribution in [3.8, 4) is 0 Å². The Hall–Kier alpha value is -2.83. The van der Waals surface area contributed by atoms with Gasteiger partial charge in [0.25, 0.3) is 0 Å². The Morgan fingerprint density at radius 3 is 2.72 bits per heavy atom. The van der Waals surface area contributed by atoms with E-state index in [2.05, 4.69) is 69.1 Å². The molecule has 1 N–H and O–H groups in total. The van der Waals surface area contributed by atoms with Gasteiger partial charge in [0, 0.05) is 40.3 Å². The van der Waals surface area contributed by atoms with E-state index in [1.807, 2.05) is 0 Å². The van der Waals surface area contributed by atoms with Gasteiger partial charge in [-0.05, 0) is 130 Å². The first-order valence-corrected chi connectivity index (χ1v) is 18.6. The number of anilines is 1. The number of carbonyl (C=O) groups excluding carboxylic acids is 1. The summed E-state index contributed by atoms with van der Waals surface area (Å²) in [5.41, 5.74) is 9.27. The van der Waals surface area contributed by atoms with Crippen molar-refractivity contribution < 1.29 is 9.53 Å². The Bertz CT molecular complexity index is 1830. The lowest BCUT2D eigenvalue weighted by Gasteiger charge is -2.69. The SMILES string of the molecule is CC[C@@]12CCCN3CCc4c(n(c5ccccc45)[C@H](c4ccc5c(c4)[C@@]46CCN7CCC[C@]8(CC[C@@]4(N5)[C@@H](C(=O)OC)C8)[C@H]76)C1)[C@H]32. The number of aromatic nitrogens is 1. The van der Waals surface area contributed by atoms with Crippen LogP contribution in [0.5, 0.6) is 0 Å². The van der Waals surface area contributed by atoms with Gasteiger partial charge >= 0.3 is 5.97 Å². The van der Waals surface area contributed by atoms with E-state index < -0.39 is 0 Å². The largest absolute Gasteiger partial charge is 0.469 e. The molecule has 8 atom stereocenters. The molecule has 12 rings (SSSR count). The summed E-state index contributed by atoms with van der Waals surface area (Å²) < 4.78 is 8.44. The van der Waals surface area contributed by atoms with Crippen LogP contribution >= 0.6 is 0 Å². The minimum absolute atomic E-state index is 0.0111. The molecule has 46 heavy (non-hydrogen) atoms. The summed E-state index contributed by atoms with van der Waals surface area (Å²) in [6, 6.07) is 18.3. The highest BCUT2D eigenvalue weighted by atomic mass is 16.5. The lowest BCUT2D eigenvalue weighted by Crippen LogP contribution is -2.76. The third-order valence-corrected chi connectivity index (χ3v) is 15.7. The zero-order valence-electron chi connectivity index (χ0n) is 27.6. The predicted molar refractivity (Wildman–Crippen MR) is 180 cm³/mol. The Kier molecular flexibility index (Phi) is 5.19. The number of fused-ring (bicyclic) bond motifs is 6. The number of methoxy groups -OCH3 is 1. The summed E-state index contributed by atoms with van der Waals surface area (Å²) in [4.78, 5) is 19.4. The molecule has 7 heterocycles. The first kappa shape index (κ1) is 27.2. The molecular formula is C40H48N4O2. The van der Waals surface area contributed by atoms with Gasteiger partial charge in [0.2, 0.25) is 0 Å². The van der Waals surface area contributed by atoms with Crippen molar-refractivity contribution in [3.05, 3.63) is 64.8 Å². The highest BCUT2D eigenvalue weighted by molar-refractivity contribution is 5.87. The summed E-state index contributed by atoms with van der Waals surface area (Å²) >= 11 is 0. The number of nitrogens with one attached hydrogen (secondary N) is 1. The molecule has 6 heteroatoms. The van der Waals surface area contributed by atoms with E-state index in [1.54, 1.807) is 18.4 Å². The quantitative estimate of drug-likeness (QED) is 0.322. The van der Waals surface area contributed by atoms with E-state index in [9.17, 15) is 4.79 Å². The third kappa shape index (κ3) is 2.87. The van der Waals surface area contributed by atoms with Crippen molar-refractivity contribution in [2.75, 3.05) is 38.6 Å². The minimum atomic E-state index is -0.245. The maximum Gasteiger partial charge on any atom is 0.311 e. The number of rotatable bonds is 3. The zero-order chi connectivity index (χ0) is 30.6. The van der Waals surface area contributed by atoms with Gasteiger partial charge in [0.05, 0.1) is 30.7 Å². The van der Waals surface area contributed by atoms with Crippen molar-refractivity contribution >= 4 is 22.6 Å². The van der Waals surface area contributed by atoms with Crippen molar-refractivity contribution in [3.63, 3.8) is 0 Å². The molecule has 3 aromatic rings. The molecule has 6 fully saturated rings. The number of benzene rings is 2. The standard InChI is InChI=1S/C40H48N4O2/c1-3-37-13-6-18-42-20-12-27-26-8-4-5-9-31(26)44(33(27)34(37)42)32(24-37)25-10-11-30-28(22-25)39-17-21-43-19-7-14-38(36(39)43)15-16-40(39,41-30)29(23-38)35(45)46-2/h4-5,8-11,22,29,32,34,36,41H,3,6-7,12-21,23-24H2,1-2H3/t29-,32+,34+,36+,37-,38-,39-,40-/m1/s1. The lowest BCUT2D eigenvalue weighted by atomic mass is 9.39. The molecule has 2 aromatic carbocycles. The Labute approximate surface area is 272 Å². The second-order valence-electron chi connectivity index (χ2n) is 16.8. The van der Waals surface area contributed by atoms with Crippen LogP contribution in [0.1, 0.15) is 106 Å². The second-order valence-corrected chi connectivity index (χ2v) is 16.8. The van der Waals surface area contributed by atoms with Crippen LogP contribution in [0.2, 0.25) is 0 Å². The van der Waals surface area contributed by atoms with Crippen molar-refractivity contribution in [2.45, 2.75) is 107 Å². The molecular weight excluding hydrogens is 568 g/mol. The molecule has 2 bridgehead atoms. The van der Waals surface area contributed by atoms with E-state index in [1.165, 1.54) is 98.7 Å². The number of esters is 1. The highest BCUT2D eigenvalue weighted by Crippen LogP contribution is 2.74. The molecule has 240 valence electrons. The smallest absolute Gasteiger partial charge is 0.311 e. The molecule has 6 nitrogen and oxygen atoms in total. The Morgan fingerprint density at radius 2 is 1.83 bits per heavy atom. The van der Waals surface area contributed by atoms with Crippen LogP contribution in [0.25, 0.3) is 10.9 Å². The second kappa shape index (κ2) is 8.79. The monoisotopic (exact) mass is 616 g/mol. The summed E-state index contributed by atoms with van der Waals surface area (Å²) in [5.74, 6) is -0.0687. The van der Waals surface area contributed by atoms with Crippen molar-refractivity contribution in [1.29, 1.82) is 0 Å². The fraction of sp³-hybridized carbons (Fsp3) is 0.625. The molecule has 3 spiro atoms. The molecule has 3 saturated heterocycles. The first-order chi connectivity index (χ1) is 22.5. The topological polar surface area (TPSA) is 49.7 Å². The van der Waals surface area contributed by atoms with Gasteiger partial charge in [-0.3, -0.25) is 14.6 Å². The number of carbonyl (C=O) groups is 1. The van der Waals surface area contributed by atoms with E-state index >= 15 is 0 Å². The minimum Gasteiger partial charge on any atom is -0.469 e. The molecule has 1 aromatic heterocycles. The summed E-state index contributed by atoms with van der Waals surface area (Å²) in [7, 11) is 1.61. The number of nitrogens with zero attached hydrogens (tertiary/aromatic N) is 3. The predicted octanol–water partition coefficient (Wildman–Crippen LogP) is 6.97. The molecule has 0 amide bonds. The molecule has 9 aliphatic rings. The third-order valence-electron chi connectivity index (χ3n) is 15.7. The average molecular weight is 617 g/mol. The van der Waals surface area contributed by atoms with Crippen LogP contribution < -0.4 is 5.32 Å². The Morgan fingerprint density at radius 1 is 0.957 bits per heavy atom. The molecule has 3 aliphatic carbocycles. The number of ether oxygens (including phenoxy) is 1. The van der Waals surface area contributed by atoms with Crippen LogP contribution in [0.3, 0.4) is 0 Å². The van der Waals surface area contributed by atoms with Crippen LogP contribution in [0.15, 0.2) is 42.5 Å². The van der Waals surface area contributed by atoms with Gasteiger partial charge in [-0.1, -0.05) is 37.3 Å². The summed E-state index contributed by atoms with van der Waals surface area (Å²) in [5, 5.41) is 5.66. The van der Waals surface area contributed by atoms with Gasteiger partial charge in [-0.2, -0.15) is 0 Å². The molecule has 0 unspecified atom stereocenters. The maximum absolute atomic E-state index is 13.7. The zero-order valence-corrected chi connectivity index (χ0v) is 27.6. The van der Waals surface area contributed by atoms with E-state index in [4.69, 9.17) is 4.74 Å². The highest BCUT2D eigenvalue weighted by Gasteiger charge is 2.79. The van der Waals surface area contributed by atoms with Crippen LogP contribution in [-0.2, 0) is 21.4 Å². The summed E-state index contributed by atoms with van der Waals surface area (Å²) in [6.45, 7) is 7.29. The van der Waals surface area contributed by atoms with Gasteiger partial charge in [0.1, 0.15) is 0 Å². The van der Waals surface area contributed by atoms with Crippen molar-refractivity contribution in [1.82, 2.24) is 14.4 Å². The first-order valence-electron chi connectivity index (χ1n) is 18.6. The number of para-hydroxylation sites is 1. The lowest BCUT2D eigenvalue weighted by molar-refractivity contribution is -0.171. The summed E-state index contributed by atoms with van der Waals surface area (Å²) in [6.07, 6.45) is 13.2. The fourth-order valence-corrected chi connectivity index (χ4v) is 14.3. The van der Waals surface area contributed by atoms with E-state index in [0.717, 1.165) is 25.8 Å². The molecule has 6 aliphatic heterocycles. The van der Waals surface area contributed by atoms with Gasteiger partial charge in [-0.15, -0.1) is 0 Å². The van der Waals surface area contributed by atoms with Crippen LogP contribution in [0.4, 0.5) is 5.69 Å². The van der Waals surface area contributed by atoms with Crippen LogP contribution in [-0.4, -0.2) is 65.2 Å². The Balaban J connectivity index is 1.13. The van der Waals surface area contributed by atoms with Crippen molar-refractivity contribution in [2.24, 2.45) is 16.7 Å². The van der Waals surface area contributed by atoms with Gasteiger partial charge in [0.15, 0.2) is 0 Å². The number of piperidine rings is 2. The molecule has 0 radical (unpaired) electrons. The maximum atomic E-state index is 13.7. The van der Waals surface area contributed by atoms with Gasteiger partial charge < -0.3 is 14.6 Å². The van der Waals surface area contributed by atoms with E-state index in [-0.39, 0.29) is 28.3 Å². The van der Waals surface area contributed by atoms with Gasteiger partial charge in [-0.25, -0.2) is 0 Å². The average Bonchev–Trinajstić information content (AvgIpc) is 3.76. The van der Waals surface area contributed by atoms with Crippen LogP contribution in [0, 0.1) is 16.7 Å². The number of hydrogen-bond donors (Lipinski definition) is 1. The normalized spacial score (nSPS) is 41.4. The number of hydrogen-bond acceptors (Lipinski definition) is 5. The van der Waals surface area contributed by atoms with E-state index in [0.29, 0.717) is 23.5 Å². The fourth-order valence-electron chi connectivity index (χ4n) is 14.3.